The van der Waals surface area contributed by atoms with Crippen molar-refractivity contribution in [2.24, 2.45) is 5.92 Å². The van der Waals surface area contributed by atoms with Gasteiger partial charge in [0.1, 0.15) is 5.82 Å². The minimum atomic E-state index is -4.38. The Balaban J connectivity index is 1.41. The lowest BCUT2D eigenvalue weighted by atomic mass is 10.0. The second kappa shape index (κ2) is 9.02. The van der Waals surface area contributed by atoms with Crippen LogP contribution >= 0.6 is 0 Å². The van der Waals surface area contributed by atoms with Crippen LogP contribution in [0.2, 0.25) is 0 Å². The third-order valence-electron chi connectivity index (χ3n) is 5.59. The number of aromatic nitrogens is 1. The summed E-state index contributed by atoms with van der Waals surface area (Å²) in [7, 11) is 0. The highest BCUT2D eigenvalue weighted by Gasteiger charge is 2.29. The molecule has 2 aromatic carbocycles. The Morgan fingerprint density at radius 2 is 1.91 bits per heavy atom. The van der Waals surface area contributed by atoms with E-state index in [1.165, 1.54) is 37.1 Å². The summed E-state index contributed by atoms with van der Waals surface area (Å²) >= 11 is 0. The standard InChI is InChI=1S/C25H24F3N3O/c1-17-3-2-14-31(16-17)23-12-7-19-15-21(10-11-22(19)30-23)29-24(32)13-6-18-4-8-20(9-5-18)25(26,27)28/h4-13,15,17H,2-3,14,16H2,1H3,(H,29,32)/b13-6+/t17-/m1/s1. The van der Waals surface area contributed by atoms with Crippen LogP contribution in [-0.2, 0) is 11.0 Å². The maximum Gasteiger partial charge on any atom is 0.416 e. The molecule has 1 amide bonds. The molecule has 1 atom stereocenters. The highest BCUT2D eigenvalue weighted by Crippen LogP contribution is 2.29. The van der Waals surface area contributed by atoms with Crippen molar-refractivity contribution in [1.29, 1.82) is 0 Å². The normalized spacial score (nSPS) is 17.1. The van der Waals surface area contributed by atoms with Gasteiger partial charge in [0.05, 0.1) is 11.1 Å². The molecule has 0 bridgehead atoms. The topological polar surface area (TPSA) is 45.2 Å². The predicted molar refractivity (Wildman–Crippen MR) is 121 cm³/mol. The number of fused-ring (bicyclic) bond motifs is 1. The summed E-state index contributed by atoms with van der Waals surface area (Å²) in [6.45, 7) is 4.29. The fourth-order valence-corrected chi connectivity index (χ4v) is 3.91. The summed E-state index contributed by atoms with van der Waals surface area (Å²) in [5, 5.41) is 3.70. The van der Waals surface area contributed by atoms with Crippen molar-refractivity contribution in [3.05, 3.63) is 71.8 Å². The Morgan fingerprint density at radius 1 is 1.12 bits per heavy atom. The van der Waals surface area contributed by atoms with Gasteiger partial charge in [-0.05, 0) is 72.9 Å². The van der Waals surface area contributed by atoms with Crippen LogP contribution in [0, 0.1) is 5.92 Å². The summed E-state index contributed by atoms with van der Waals surface area (Å²) in [5.41, 5.74) is 1.27. The molecule has 0 radical (unpaired) electrons. The number of rotatable bonds is 4. The van der Waals surface area contributed by atoms with E-state index in [1.807, 2.05) is 24.3 Å². The molecule has 0 unspecified atom stereocenters. The average molecular weight is 439 g/mol. The zero-order chi connectivity index (χ0) is 22.7. The molecular formula is C25H24F3N3O. The largest absolute Gasteiger partial charge is 0.416 e. The van der Waals surface area contributed by atoms with E-state index in [0.717, 1.165) is 41.9 Å². The first-order chi connectivity index (χ1) is 15.3. The van der Waals surface area contributed by atoms with Gasteiger partial charge in [0.15, 0.2) is 0 Å². The van der Waals surface area contributed by atoms with Gasteiger partial charge in [0.2, 0.25) is 5.91 Å². The number of halogens is 3. The highest BCUT2D eigenvalue weighted by atomic mass is 19.4. The van der Waals surface area contributed by atoms with Crippen LogP contribution in [0.15, 0.2) is 60.7 Å². The van der Waals surface area contributed by atoms with Gasteiger partial charge in [-0.1, -0.05) is 19.1 Å². The zero-order valence-corrected chi connectivity index (χ0v) is 17.7. The number of benzene rings is 2. The summed E-state index contributed by atoms with van der Waals surface area (Å²) in [4.78, 5) is 19.3. The van der Waals surface area contributed by atoms with Crippen molar-refractivity contribution in [3.63, 3.8) is 0 Å². The Hall–Kier alpha value is -3.35. The van der Waals surface area contributed by atoms with Crippen molar-refractivity contribution in [3.8, 4) is 0 Å². The first kappa shape index (κ1) is 21.9. The molecule has 1 N–H and O–H groups in total. The number of nitrogens with zero attached hydrogens (tertiary/aromatic N) is 2. The number of hydrogen-bond donors (Lipinski definition) is 1. The minimum absolute atomic E-state index is 0.365. The van der Waals surface area contributed by atoms with Crippen molar-refractivity contribution in [2.45, 2.75) is 25.9 Å². The summed E-state index contributed by atoms with van der Waals surface area (Å²) in [5.74, 6) is 1.27. The SMILES string of the molecule is C[C@@H]1CCCN(c2ccc3cc(NC(=O)/C=C/c4ccc(C(F)(F)F)cc4)ccc3n2)C1. The van der Waals surface area contributed by atoms with E-state index in [9.17, 15) is 18.0 Å². The lowest BCUT2D eigenvalue weighted by Crippen LogP contribution is -2.34. The highest BCUT2D eigenvalue weighted by molar-refractivity contribution is 6.03. The Labute approximate surface area is 184 Å². The van der Waals surface area contributed by atoms with Crippen LogP contribution in [0.4, 0.5) is 24.7 Å². The molecule has 0 spiro atoms. The number of piperidine rings is 1. The van der Waals surface area contributed by atoms with Gasteiger partial charge < -0.3 is 10.2 Å². The number of hydrogen-bond acceptors (Lipinski definition) is 3. The Kier molecular flexibility index (Phi) is 6.17. The Morgan fingerprint density at radius 3 is 2.62 bits per heavy atom. The van der Waals surface area contributed by atoms with Crippen LogP contribution in [0.3, 0.4) is 0 Å². The molecule has 1 saturated heterocycles. The van der Waals surface area contributed by atoms with Crippen LogP contribution in [0.25, 0.3) is 17.0 Å². The van der Waals surface area contributed by atoms with Crippen LogP contribution in [-0.4, -0.2) is 24.0 Å². The molecule has 3 aromatic rings. The maximum atomic E-state index is 12.6. The van der Waals surface area contributed by atoms with Crippen LogP contribution in [0.1, 0.15) is 30.9 Å². The molecular weight excluding hydrogens is 415 g/mol. The quantitative estimate of drug-likeness (QED) is 0.497. The minimum Gasteiger partial charge on any atom is -0.356 e. The van der Waals surface area contributed by atoms with Crippen LogP contribution in [0.5, 0.6) is 0 Å². The van der Waals surface area contributed by atoms with E-state index in [4.69, 9.17) is 4.98 Å². The number of pyridine rings is 1. The Bertz CT molecular complexity index is 1140. The van der Waals surface area contributed by atoms with Crippen molar-refractivity contribution < 1.29 is 18.0 Å². The fourth-order valence-electron chi connectivity index (χ4n) is 3.91. The second-order valence-corrected chi connectivity index (χ2v) is 8.21. The molecule has 4 rings (SSSR count). The lowest BCUT2D eigenvalue weighted by Gasteiger charge is -2.32. The molecule has 166 valence electrons. The summed E-state index contributed by atoms with van der Waals surface area (Å²) in [6, 6.07) is 14.2. The molecule has 32 heavy (non-hydrogen) atoms. The van der Waals surface area contributed by atoms with E-state index < -0.39 is 11.7 Å². The molecule has 1 aromatic heterocycles. The van der Waals surface area contributed by atoms with Crippen LogP contribution < -0.4 is 10.2 Å². The third-order valence-corrected chi connectivity index (χ3v) is 5.59. The number of nitrogens with one attached hydrogen (secondary N) is 1. The van der Waals surface area contributed by atoms with E-state index in [1.54, 1.807) is 6.07 Å². The van der Waals surface area contributed by atoms with Gasteiger partial charge in [-0.15, -0.1) is 0 Å². The van der Waals surface area contributed by atoms with Gasteiger partial charge in [-0.3, -0.25) is 4.79 Å². The zero-order valence-electron chi connectivity index (χ0n) is 17.7. The van der Waals surface area contributed by atoms with E-state index in [2.05, 4.69) is 17.1 Å². The predicted octanol–water partition coefficient (Wildman–Crippen LogP) is 6.14. The van der Waals surface area contributed by atoms with E-state index in [0.29, 0.717) is 17.2 Å². The van der Waals surface area contributed by atoms with Gasteiger partial charge in [-0.2, -0.15) is 13.2 Å². The number of alkyl halides is 3. The molecule has 0 aliphatic carbocycles. The maximum absolute atomic E-state index is 12.6. The molecule has 1 fully saturated rings. The van der Waals surface area contributed by atoms with Gasteiger partial charge >= 0.3 is 6.18 Å². The van der Waals surface area contributed by atoms with E-state index >= 15 is 0 Å². The number of carbonyl (C=O) groups is 1. The fraction of sp³-hybridized carbons (Fsp3) is 0.280. The molecule has 0 saturated carbocycles. The first-order valence-corrected chi connectivity index (χ1v) is 10.6. The number of amides is 1. The number of anilines is 2. The van der Waals surface area contributed by atoms with Gasteiger partial charge in [0.25, 0.3) is 0 Å². The summed E-state index contributed by atoms with van der Waals surface area (Å²) < 4.78 is 37.9. The third kappa shape index (κ3) is 5.28. The molecule has 4 nitrogen and oxygen atoms in total. The molecule has 7 heteroatoms. The smallest absolute Gasteiger partial charge is 0.356 e. The van der Waals surface area contributed by atoms with E-state index in [-0.39, 0.29) is 5.91 Å². The van der Waals surface area contributed by atoms with Crippen molar-refractivity contribution in [2.75, 3.05) is 23.3 Å². The van der Waals surface area contributed by atoms with Crippen molar-refractivity contribution >= 4 is 34.4 Å². The summed E-state index contributed by atoms with van der Waals surface area (Å²) in [6.07, 6.45) is 0.819. The molecule has 1 aliphatic heterocycles. The average Bonchev–Trinajstić information content (AvgIpc) is 2.77. The van der Waals surface area contributed by atoms with Gasteiger partial charge in [-0.25, -0.2) is 4.98 Å². The molecule has 1 aliphatic rings. The van der Waals surface area contributed by atoms with Crippen molar-refractivity contribution in [1.82, 2.24) is 4.98 Å². The first-order valence-electron chi connectivity index (χ1n) is 10.6. The monoisotopic (exact) mass is 439 g/mol. The second-order valence-electron chi connectivity index (χ2n) is 8.21. The lowest BCUT2D eigenvalue weighted by molar-refractivity contribution is -0.137. The molecule has 2 heterocycles. The number of carbonyl (C=O) groups excluding carboxylic acids is 1. The van der Waals surface area contributed by atoms with Gasteiger partial charge in [0, 0.05) is 30.2 Å².